The van der Waals surface area contributed by atoms with Crippen LogP contribution < -0.4 is 0 Å². The Labute approximate surface area is 96.7 Å². The van der Waals surface area contributed by atoms with Gasteiger partial charge in [-0.05, 0) is 12.0 Å². The zero-order valence-electron chi connectivity index (χ0n) is 9.72. The van der Waals surface area contributed by atoms with Crippen LogP contribution in [-0.2, 0) is 11.2 Å². The van der Waals surface area contributed by atoms with Crippen molar-refractivity contribution in [3.63, 3.8) is 0 Å². The molecule has 0 atom stereocenters. The summed E-state index contributed by atoms with van der Waals surface area (Å²) in [5.41, 5.74) is 1.02. The van der Waals surface area contributed by atoms with Crippen LogP contribution in [0.15, 0.2) is 30.3 Å². The summed E-state index contributed by atoms with van der Waals surface area (Å²) < 4.78 is 0. The summed E-state index contributed by atoms with van der Waals surface area (Å²) in [6, 6.07) is 9.69. The normalized spacial score (nSPS) is 10.1. The van der Waals surface area contributed by atoms with Gasteiger partial charge in [0, 0.05) is 13.1 Å². The van der Waals surface area contributed by atoms with E-state index >= 15 is 0 Å². The molecular weight excluding hydrogens is 202 g/mol. The molecule has 0 aliphatic rings. The van der Waals surface area contributed by atoms with E-state index in [1.165, 1.54) is 0 Å². The van der Waals surface area contributed by atoms with Crippen molar-refractivity contribution in [2.45, 2.75) is 19.8 Å². The van der Waals surface area contributed by atoms with Gasteiger partial charge in [-0.3, -0.25) is 4.79 Å². The van der Waals surface area contributed by atoms with Crippen LogP contribution in [0.25, 0.3) is 0 Å². The van der Waals surface area contributed by atoms with Gasteiger partial charge in [-0.2, -0.15) is 0 Å². The van der Waals surface area contributed by atoms with Crippen LogP contribution in [0.2, 0.25) is 0 Å². The molecule has 1 N–H and O–H groups in total. The first-order valence-electron chi connectivity index (χ1n) is 5.70. The Morgan fingerprint density at radius 3 is 2.50 bits per heavy atom. The lowest BCUT2D eigenvalue weighted by molar-refractivity contribution is -0.131. The highest BCUT2D eigenvalue weighted by molar-refractivity contribution is 5.78. The van der Waals surface area contributed by atoms with E-state index in [0.717, 1.165) is 12.0 Å². The first-order chi connectivity index (χ1) is 7.77. The van der Waals surface area contributed by atoms with Crippen LogP contribution >= 0.6 is 0 Å². The molecule has 0 aromatic heterocycles. The number of amides is 1. The highest BCUT2D eigenvalue weighted by Gasteiger charge is 2.11. The number of hydrogen-bond acceptors (Lipinski definition) is 2. The zero-order valence-corrected chi connectivity index (χ0v) is 9.72. The average Bonchev–Trinajstić information content (AvgIpc) is 2.30. The number of carbonyl (C=O) groups excluding carboxylic acids is 1. The lowest BCUT2D eigenvalue weighted by Crippen LogP contribution is -2.35. The van der Waals surface area contributed by atoms with Gasteiger partial charge in [0.25, 0.3) is 0 Å². The fourth-order valence-corrected chi connectivity index (χ4v) is 1.63. The molecule has 0 bridgehead atoms. The fourth-order valence-electron chi connectivity index (χ4n) is 1.63. The van der Waals surface area contributed by atoms with E-state index < -0.39 is 0 Å². The summed E-state index contributed by atoms with van der Waals surface area (Å²) in [5, 5.41) is 8.88. The van der Waals surface area contributed by atoms with Crippen molar-refractivity contribution in [2.24, 2.45) is 0 Å². The third-order valence-corrected chi connectivity index (χ3v) is 2.41. The molecule has 1 amide bonds. The number of aliphatic hydroxyl groups excluding tert-OH is 1. The van der Waals surface area contributed by atoms with Gasteiger partial charge in [0.15, 0.2) is 0 Å². The minimum absolute atomic E-state index is 0.0283. The first-order valence-corrected chi connectivity index (χ1v) is 5.70. The molecule has 1 aromatic rings. The third-order valence-electron chi connectivity index (χ3n) is 2.41. The maximum absolute atomic E-state index is 11.9. The van der Waals surface area contributed by atoms with Crippen LogP contribution in [0.1, 0.15) is 18.9 Å². The number of benzene rings is 1. The molecule has 0 heterocycles. The van der Waals surface area contributed by atoms with Crippen LogP contribution in [0.3, 0.4) is 0 Å². The summed E-state index contributed by atoms with van der Waals surface area (Å²) in [5.74, 6) is 0.0853. The Bertz CT molecular complexity index is 305. The second-order valence-electron chi connectivity index (χ2n) is 3.77. The van der Waals surface area contributed by atoms with Crippen molar-refractivity contribution in [3.8, 4) is 0 Å². The van der Waals surface area contributed by atoms with Gasteiger partial charge in [0.1, 0.15) is 0 Å². The average molecular weight is 221 g/mol. The molecule has 0 aliphatic heterocycles. The van der Waals surface area contributed by atoms with Gasteiger partial charge < -0.3 is 10.0 Å². The standard InChI is InChI=1S/C13H19NO2/c1-2-8-14(9-10-15)13(16)11-12-6-4-3-5-7-12/h3-7,15H,2,8-11H2,1H3. The highest BCUT2D eigenvalue weighted by Crippen LogP contribution is 2.03. The summed E-state index contributed by atoms with van der Waals surface area (Å²) in [6.45, 7) is 3.20. The predicted octanol–water partition coefficient (Wildman–Crippen LogP) is 1.46. The smallest absolute Gasteiger partial charge is 0.227 e. The Morgan fingerprint density at radius 2 is 1.94 bits per heavy atom. The van der Waals surface area contributed by atoms with Crippen LogP contribution in [0, 0.1) is 0 Å². The van der Waals surface area contributed by atoms with Crippen molar-refractivity contribution in [2.75, 3.05) is 19.7 Å². The van der Waals surface area contributed by atoms with Gasteiger partial charge in [-0.25, -0.2) is 0 Å². The molecule has 1 rings (SSSR count). The molecule has 16 heavy (non-hydrogen) atoms. The Kier molecular flexibility index (Phi) is 5.57. The molecule has 88 valence electrons. The summed E-state index contributed by atoms with van der Waals surface area (Å²) >= 11 is 0. The van der Waals surface area contributed by atoms with Crippen molar-refractivity contribution in [3.05, 3.63) is 35.9 Å². The number of rotatable bonds is 6. The van der Waals surface area contributed by atoms with E-state index in [2.05, 4.69) is 0 Å². The Balaban J connectivity index is 2.55. The lowest BCUT2D eigenvalue weighted by Gasteiger charge is -2.21. The molecule has 0 aliphatic carbocycles. The van der Waals surface area contributed by atoms with E-state index in [9.17, 15) is 4.79 Å². The van der Waals surface area contributed by atoms with Gasteiger partial charge in [-0.15, -0.1) is 0 Å². The molecule has 0 unspecified atom stereocenters. The monoisotopic (exact) mass is 221 g/mol. The van der Waals surface area contributed by atoms with Crippen molar-refractivity contribution in [1.29, 1.82) is 0 Å². The topological polar surface area (TPSA) is 40.5 Å². The van der Waals surface area contributed by atoms with Crippen molar-refractivity contribution in [1.82, 2.24) is 4.90 Å². The molecule has 0 radical (unpaired) electrons. The summed E-state index contributed by atoms with van der Waals surface area (Å²) in [4.78, 5) is 13.6. The van der Waals surface area contributed by atoms with E-state index in [-0.39, 0.29) is 12.5 Å². The van der Waals surface area contributed by atoms with Crippen molar-refractivity contribution < 1.29 is 9.90 Å². The quantitative estimate of drug-likeness (QED) is 0.790. The third kappa shape index (κ3) is 4.03. The van der Waals surface area contributed by atoms with Gasteiger partial charge in [0.2, 0.25) is 5.91 Å². The summed E-state index contributed by atoms with van der Waals surface area (Å²) in [7, 11) is 0. The van der Waals surface area contributed by atoms with E-state index in [4.69, 9.17) is 5.11 Å². The minimum atomic E-state index is 0.0283. The molecular formula is C13H19NO2. The molecule has 0 spiro atoms. The number of nitrogens with zero attached hydrogens (tertiary/aromatic N) is 1. The number of hydrogen-bond donors (Lipinski definition) is 1. The van der Waals surface area contributed by atoms with Gasteiger partial charge in [-0.1, -0.05) is 37.3 Å². The van der Waals surface area contributed by atoms with E-state index in [0.29, 0.717) is 19.5 Å². The Hall–Kier alpha value is -1.35. The molecule has 3 nitrogen and oxygen atoms in total. The largest absolute Gasteiger partial charge is 0.395 e. The minimum Gasteiger partial charge on any atom is -0.395 e. The maximum atomic E-state index is 11.9. The second kappa shape index (κ2) is 7.01. The zero-order chi connectivity index (χ0) is 11.8. The molecule has 0 saturated carbocycles. The Morgan fingerprint density at radius 1 is 1.25 bits per heavy atom. The lowest BCUT2D eigenvalue weighted by atomic mass is 10.1. The maximum Gasteiger partial charge on any atom is 0.227 e. The fraction of sp³-hybridized carbons (Fsp3) is 0.462. The molecule has 0 saturated heterocycles. The van der Waals surface area contributed by atoms with Crippen LogP contribution in [0.4, 0.5) is 0 Å². The molecule has 0 fully saturated rings. The molecule has 3 heteroatoms. The van der Waals surface area contributed by atoms with E-state index in [1.54, 1.807) is 4.90 Å². The summed E-state index contributed by atoms with van der Waals surface area (Å²) in [6.07, 6.45) is 1.33. The SMILES string of the molecule is CCCN(CCO)C(=O)Cc1ccccc1. The second-order valence-corrected chi connectivity index (χ2v) is 3.77. The first kappa shape index (κ1) is 12.7. The van der Waals surface area contributed by atoms with Gasteiger partial charge in [0.05, 0.1) is 13.0 Å². The molecule has 1 aromatic carbocycles. The number of carbonyl (C=O) groups is 1. The van der Waals surface area contributed by atoms with Crippen molar-refractivity contribution >= 4 is 5.91 Å². The predicted molar refractivity (Wildman–Crippen MR) is 64.1 cm³/mol. The van der Waals surface area contributed by atoms with Crippen LogP contribution in [-0.4, -0.2) is 35.6 Å². The van der Waals surface area contributed by atoms with Gasteiger partial charge >= 0.3 is 0 Å². The number of aliphatic hydroxyl groups is 1. The highest BCUT2D eigenvalue weighted by atomic mass is 16.3. The van der Waals surface area contributed by atoms with E-state index in [1.807, 2.05) is 37.3 Å². The van der Waals surface area contributed by atoms with Crippen LogP contribution in [0.5, 0.6) is 0 Å².